The topological polar surface area (TPSA) is 17.8 Å². The molecule has 1 aromatic carbocycles. The fraction of sp³-hybridized carbons (Fsp3) is 0.308. The predicted molar refractivity (Wildman–Crippen MR) is 69.8 cm³/mol. The first-order chi connectivity index (χ1) is 8.20. The number of hydrogen-bond donors (Lipinski definition) is 0. The lowest BCUT2D eigenvalue weighted by atomic mass is 9.96. The second kappa shape index (κ2) is 5.45. The highest BCUT2D eigenvalue weighted by Gasteiger charge is 2.15. The van der Waals surface area contributed by atoms with Crippen molar-refractivity contribution < 1.29 is 4.39 Å². The van der Waals surface area contributed by atoms with E-state index in [-0.39, 0.29) is 11.7 Å². The first kappa shape index (κ1) is 12.3. The summed E-state index contributed by atoms with van der Waals surface area (Å²) in [5.74, 6) is -0.0287. The molecule has 0 radical (unpaired) electrons. The molecule has 4 heteroatoms. The first-order valence-electron chi connectivity index (χ1n) is 5.49. The largest absolute Gasteiger partial charge is 0.276 e. The van der Waals surface area contributed by atoms with Crippen molar-refractivity contribution in [1.29, 1.82) is 0 Å². The van der Waals surface area contributed by atoms with Crippen LogP contribution in [-0.2, 0) is 13.5 Å². The molecule has 17 heavy (non-hydrogen) atoms. The third kappa shape index (κ3) is 2.94. The molecule has 0 fully saturated rings. The molecule has 2 nitrogen and oxygen atoms in total. The van der Waals surface area contributed by atoms with E-state index in [1.165, 1.54) is 6.07 Å². The summed E-state index contributed by atoms with van der Waals surface area (Å²) in [7, 11) is 1.88. The highest BCUT2D eigenvalue weighted by Crippen LogP contribution is 2.24. The van der Waals surface area contributed by atoms with Crippen LogP contribution in [0.5, 0.6) is 0 Å². The fourth-order valence-electron chi connectivity index (χ4n) is 1.88. The number of benzene rings is 1. The lowest BCUT2D eigenvalue weighted by Crippen LogP contribution is -2.07. The second-order valence-electron chi connectivity index (χ2n) is 4.06. The van der Waals surface area contributed by atoms with Gasteiger partial charge in [-0.15, -0.1) is 0 Å². The van der Waals surface area contributed by atoms with Gasteiger partial charge in [0.25, 0.3) is 0 Å². The molecule has 90 valence electrons. The van der Waals surface area contributed by atoms with E-state index in [9.17, 15) is 4.39 Å². The van der Waals surface area contributed by atoms with E-state index in [1.807, 2.05) is 31.4 Å². The summed E-state index contributed by atoms with van der Waals surface area (Å²) in [5.41, 5.74) is 1.73. The summed E-state index contributed by atoms with van der Waals surface area (Å²) in [6.45, 7) is 0. The average Bonchev–Trinajstić information content (AvgIpc) is 2.73. The molecule has 1 atom stereocenters. The van der Waals surface area contributed by atoms with Crippen LogP contribution in [-0.4, -0.2) is 15.1 Å². The van der Waals surface area contributed by atoms with Crippen molar-refractivity contribution in [3.63, 3.8) is 0 Å². The SMILES string of the molecule is Cn1ccc(CC(CBr)c2ccccc2F)n1. The Kier molecular flexibility index (Phi) is 3.94. The van der Waals surface area contributed by atoms with Gasteiger partial charge in [0, 0.05) is 24.5 Å². The number of aryl methyl sites for hydroxylation is 1. The summed E-state index contributed by atoms with van der Waals surface area (Å²) < 4.78 is 15.5. The van der Waals surface area contributed by atoms with Crippen LogP contribution in [0.15, 0.2) is 36.5 Å². The van der Waals surface area contributed by atoms with Crippen LogP contribution >= 0.6 is 15.9 Å². The van der Waals surface area contributed by atoms with Gasteiger partial charge in [-0.3, -0.25) is 4.68 Å². The highest BCUT2D eigenvalue weighted by atomic mass is 79.9. The first-order valence-corrected chi connectivity index (χ1v) is 6.61. The lowest BCUT2D eigenvalue weighted by molar-refractivity contribution is 0.587. The van der Waals surface area contributed by atoms with Crippen molar-refractivity contribution in [3.05, 3.63) is 53.6 Å². The molecule has 0 aliphatic rings. The Morgan fingerprint density at radius 1 is 1.35 bits per heavy atom. The Morgan fingerprint density at radius 3 is 2.71 bits per heavy atom. The van der Waals surface area contributed by atoms with Gasteiger partial charge in [-0.1, -0.05) is 34.1 Å². The van der Waals surface area contributed by atoms with Crippen molar-refractivity contribution >= 4 is 15.9 Å². The van der Waals surface area contributed by atoms with Crippen LogP contribution in [0.2, 0.25) is 0 Å². The minimum Gasteiger partial charge on any atom is -0.276 e. The zero-order valence-corrected chi connectivity index (χ0v) is 11.2. The van der Waals surface area contributed by atoms with Gasteiger partial charge in [0.2, 0.25) is 0 Å². The number of aromatic nitrogens is 2. The zero-order valence-electron chi connectivity index (χ0n) is 9.61. The van der Waals surface area contributed by atoms with Crippen molar-refractivity contribution in [2.45, 2.75) is 12.3 Å². The molecule has 0 saturated carbocycles. The summed E-state index contributed by atoms with van der Waals surface area (Å²) in [5, 5.41) is 5.05. The highest BCUT2D eigenvalue weighted by molar-refractivity contribution is 9.09. The van der Waals surface area contributed by atoms with Gasteiger partial charge in [0.05, 0.1) is 5.69 Å². The van der Waals surface area contributed by atoms with Gasteiger partial charge in [-0.25, -0.2) is 4.39 Å². The van der Waals surface area contributed by atoms with Gasteiger partial charge in [-0.2, -0.15) is 5.10 Å². The number of halogens is 2. The average molecular weight is 297 g/mol. The molecule has 1 heterocycles. The van der Waals surface area contributed by atoms with Crippen LogP contribution in [0.25, 0.3) is 0 Å². The van der Waals surface area contributed by atoms with Gasteiger partial charge in [0.15, 0.2) is 0 Å². The molecule has 1 aromatic heterocycles. The minimum atomic E-state index is -0.145. The van der Waals surface area contributed by atoms with E-state index >= 15 is 0 Å². The molecular weight excluding hydrogens is 283 g/mol. The molecule has 0 spiro atoms. The van der Waals surface area contributed by atoms with Crippen molar-refractivity contribution in [2.24, 2.45) is 7.05 Å². The van der Waals surface area contributed by atoms with E-state index in [0.29, 0.717) is 0 Å². The quantitative estimate of drug-likeness (QED) is 0.792. The Labute approximate surface area is 109 Å². The third-order valence-electron chi connectivity index (χ3n) is 2.76. The van der Waals surface area contributed by atoms with Crippen molar-refractivity contribution in [1.82, 2.24) is 9.78 Å². The smallest absolute Gasteiger partial charge is 0.126 e. The number of alkyl halides is 1. The van der Waals surface area contributed by atoms with Crippen LogP contribution < -0.4 is 0 Å². The van der Waals surface area contributed by atoms with Gasteiger partial charge in [-0.05, 0) is 24.1 Å². The van der Waals surface area contributed by atoms with E-state index in [2.05, 4.69) is 21.0 Å². The monoisotopic (exact) mass is 296 g/mol. The van der Waals surface area contributed by atoms with Crippen molar-refractivity contribution in [3.8, 4) is 0 Å². The van der Waals surface area contributed by atoms with Gasteiger partial charge in [0.1, 0.15) is 5.82 Å². The van der Waals surface area contributed by atoms with E-state index < -0.39 is 0 Å². The maximum absolute atomic E-state index is 13.7. The molecule has 0 aliphatic carbocycles. The third-order valence-corrected chi connectivity index (χ3v) is 3.54. The molecule has 2 rings (SSSR count). The molecule has 0 bridgehead atoms. The summed E-state index contributed by atoms with van der Waals surface area (Å²) in [4.78, 5) is 0. The van der Waals surface area contributed by atoms with Gasteiger partial charge < -0.3 is 0 Å². The standard InChI is InChI=1S/C13H14BrFN2/c1-17-7-6-11(16-17)8-10(9-14)12-4-2-3-5-13(12)15/h2-7,10H,8-9H2,1H3. The Hall–Kier alpha value is -1.16. The summed E-state index contributed by atoms with van der Waals surface area (Å²) in [6, 6.07) is 8.89. The van der Waals surface area contributed by atoms with Gasteiger partial charge >= 0.3 is 0 Å². The summed E-state index contributed by atoms with van der Waals surface area (Å²) in [6.07, 6.45) is 2.65. The van der Waals surface area contributed by atoms with E-state index in [0.717, 1.165) is 23.0 Å². The number of nitrogens with zero attached hydrogens (tertiary/aromatic N) is 2. The lowest BCUT2D eigenvalue weighted by Gasteiger charge is -2.13. The molecule has 0 amide bonds. The molecule has 1 unspecified atom stereocenters. The fourth-order valence-corrected chi connectivity index (χ4v) is 2.46. The molecule has 0 aliphatic heterocycles. The van der Waals surface area contributed by atoms with Crippen LogP contribution in [0.3, 0.4) is 0 Å². The maximum Gasteiger partial charge on any atom is 0.126 e. The minimum absolute atomic E-state index is 0.117. The maximum atomic E-state index is 13.7. The normalized spacial score (nSPS) is 12.6. The van der Waals surface area contributed by atoms with Crippen LogP contribution in [0, 0.1) is 5.82 Å². The summed E-state index contributed by atoms with van der Waals surface area (Å²) >= 11 is 3.45. The van der Waals surface area contributed by atoms with Crippen LogP contribution in [0.4, 0.5) is 4.39 Å². The Balaban J connectivity index is 2.20. The molecular formula is C13H14BrFN2. The second-order valence-corrected chi connectivity index (χ2v) is 4.71. The zero-order chi connectivity index (χ0) is 12.3. The number of rotatable bonds is 4. The Morgan fingerprint density at radius 2 is 2.12 bits per heavy atom. The predicted octanol–water partition coefficient (Wildman–Crippen LogP) is 3.28. The van der Waals surface area contributed by atoms with Crippen LogP contribution in [0.1, 0.15) is 17.2 Å². The Bertz CT molecular complexity index is 496. The molecule has 0 N–H and O–H groups in total. The molecule has 0 saturated heterocycles. The van der Waals surface area contributed by atoms with E-state index in [4.69, 9.17) is 0 Å². The van der Waals surface area contributed by atoms with Crippen molar-refractivity contribution in [2.75, 3.05) is 5.33 Å². The molecule has 2 aromatic rings. The number of hydrogen-bond acceptors (Lipinski definition) is 1. The van der Waals surface area contributed by atoms with E-state index in [1.54, 1.807) is 10.7 Å².